The van der Waals surface area contributed by atoms with Crippen LogP contribution in [0.5, 0.6) is 11.5 Å². The van der Waals surface area contributed by atoms with Crippen molar-refractivity contribution in [1.82, 2.24) is 14.7 Å². The van der Waals surface area contributed by atoms with Crippen molar-refractivity contribution in [2.75, 3.05) is 52.6 Å². The third kappa shape index (κ3) is 4.70. The predicted molar refractivity (Wildman–Crippen MR) is 125 cm³/mol. The second-order valence-electron chi connectivity index (χ2n) is 10.1. The Morgan fingerprint density at radius 1 is 0.758 bits per heavy atom. The van der Waals surface area contributed by atoms with Crippen LogP contribution in [0, 0.1) is 0 Å². The van der Waals surface area contributed by atoms with E-state index in [2.05, 4.69) is 11.0 Å². The molecule has 0 aromatic heterocycles. The highest BCUT2D eigenvalue weighted by molar-refractivity contribution is 5.89. The highest BCUT2D eigenvalue weighted by Crippen LogP contribution is 2.44. The van der Waals surface area contributed by atoms with Gasteiger partial charge in [-0.3, -0.25) is 14.5 Å². The molecule has 1 aromatic rings. The van der Waals surface area contributed by atoms with Crippen molar-refractivity contribution < 1.29 is 19.1 Å². The van der Waals surface area contributed by atoms with Crippen LogP contribution in [-0.4, -0.2) is 79.1 Å². The minimum atomic E-state index is -0.469. The Morgan fingerprint density at radius 2 is 1.42 bits per heavy atom. The summed E-state index contributed by atoms with van der Waals surface area (Å²) < 4.78 is 11.1. The number of benzene rings is 1. The highest BCUT2D eigenvalue weighted by Gasteiger charge is 2.44. The number of carbonyl (C=O) groups is 2. The third-order valence-electron chi connectivity index (χ3n) is 8.02. The minimum absolute atomic E-state index is 0.248. The number of hydrogen-bond acceptors (Lipinski definition) is 5. The Labute approximate surface area is 197 Å². The molecule has 0 spiro atoms. The topological polar surface area (TPSA) is 62.3 Å². The summed E-state index contributed by atoms with van der Waals surface area (Å²) in [5.74, 6) is 2.02. The molecular formula is C26H37N3O4. The molecule has 33 heavy (non-hydrogen) atoms. The maximum Gasteiger partial charge on any atom is 0.236 e. The number of amides is 2. The molecule has 2 saturated heterocycles. The van der Waals surface area contributed by atoms with Gasteiger partial charge in [-0.2, -0.15) is 0 Å². The van der Waals surface area contributed by atoms with E-state index in [4.69, 9.17) is 9.47 Å². The number of carbonyl (C=O) groups excluding carboxylic acids is 2. The van der Waals surface area contributed by atoms with Gasteiger partial charge in [0.2, 0.25) is 18.6 Å². The Balaban J connectivity index is 1.23. The lowest BCUT2D eigenvalue weighted by Gasteiger charge is -2.43. The molecule has 2 amide bonds. The van der Waals surface area contributed by atoms with E-state index in [9.17, 15) is 9.59 Å². The van der Waals surface area contributed by atoms with Crippen LogP contribution in [-0.2, 0) is 15.0 Å². The standard InChI is InChI=1S/C26H37N3O4/c30-24(28-12-6-1-2-7-13-28)19-27-14-16-29(17-15-27)25(31)26(10-4-3-5-11-26)21-8-9-22-23(18-21)33-20-32-22/h8-9,18H,1-7,10-17,19-20H2. The molecule has 3 fully saturated rings. The molecule has 1 aromatic carbocycles. The van der Waals surface area contributed by atoms with Gasteiger partial charge in [-0.05, 0) is 43.4 Å². The van der Waals surface area contributed by atoms with E-state index in [1.165, 1.54) is 19.3 Å². The minimum Gasteiger partial charge on any atom is -0.454 e. The largest absolute Gasteiger partial charge is 0.454 e. The van der Waals surface area contributed by atoms with Gasteiger partial charge in [-0.15, -0.1) is 0 Å². The van der Waals surface area contributed by atoms with E-state index in [-0.39, 0.29) is 18.6 Å². The molecule has 7 heteroatoms. The average Bonchev–Trinajstić information content (AvgIpc) is 3.16. The number of rotatable bonds is 4. The van der Waals surface area contributed by atoms with Crippen molar-refractivity contribution in [3.05, 3.63) is 23.8 Å². The molecule has 3 aliphatic heterocycles. The summed E-state index contributed by atoms with van der Waals surface area (Å²) in [5, 5.41) is 0. The maximum absolute atomic E-state index is 14.0. The van der Waals surface area contributed by atoms with E-state index in [0.717, 1.165) is 81.8 Å². The molecule has 0 radical (unpaired) electrons. The maximum atomic E-state index is 14.0. The Bertz CT molecular complexity index is 851. The molecule has 7 nitrogen and oxygen atoms in total. The van der Waals surface area contributed by atoms with Crippen molar-refractivity contribution in [2.45, 2.75) is 63.2 Å². The third-order valence-corrected chi connectivity index (χ3v) is 8.02. The van der Waals surface area contributed by atoms with Crippen molar-refractivity contribution in [3.8, 4) is 11.5 Å². The van der Waals surface area contributed by atoms with Crippen LogP contribution in [0.1, 0.15) is 63.4 Å². The summed E-state index contributed by atoms with van der Waals surface area (Å²) in [7, 11) is 0. The molecular weight excluding hydrogens is 418 g/mol. The summed E-state index contributed by atoms with van der Waals surface area (Å²) >= 11 is 0. The average molecular weight is 456 g/mol. The number of nitrogens with zero attached hydrogens (tertiary/aromatic N) is 3. The number of fused-ring (bicyclic) bond motifs is 1. The molecule has 1 saturated carbocycles. The zero-order valence-electron chi connectivity index (χ0n) is 19.7. The monoisotopic (exact) mass is 455 g/mol. The SMILES string of the molecule is O=C(CN1CCN(C(=O)C2(c3ccc4c(c3)OCO4)CCCCC2)CC1)N1CCCCCC1. The van der Waals surface area contributed by atoms with Crippen LogP contribution in [0.3, 0.4) is 0 Å². The van der Waals surface area contributed by atoms with E-state index in [0.29, 0.717) is 19.6 Å². The molecule has 0 N–H and O–H groups in total. The fraction of sp³-hybridized carbons (Fsp3) is 0.692. The lowest BCUT2D eigenvalue weighted by atomic mass is 9.68. The molecule has 180 valence electrons. The van der Waals surface area contributed by atoms with Gasteiger partial charge in [0, 0.05) is 39.3 Å². The van der Waals surface area contributed by atoms with Crippen molar-refractivity contribution in [3.63, 3.8) is 0 Å². The lowest BCUT2D eigenvalue weighted by molar-refractivity contribution is -0.141. The van der Waals surface area contributed by atoms with Gasteiger partial charge in [0.1, 0.15) is 0 Å². The van der Waals surface area contributed by atoms with Crippen LogP contribution in [0.2, 0.25) is 0 Å². The van der Waals surface area contributed by atoms with Gasteiger partial charge in [0.05, 0.1) is 12.0 Å². The summed E-state index contributed by atoms with van der Waals surface area (Å²) in [6.07, 6.45) is 9.82. The number of ether oxygens (including phenoxy) is 2. The van der Waals surface area contributed by atoms with Gasteiger partial charge in [0.15, 0.2) is 11.5 Å². The molecule has 4 aliphatic rings. The van der Waals surface area contributed by atoms with E-state index >= 15 is 0 Å². The Hall–Kier alpha value is -2.28. The van der Waals surface area contributed by atoms with E-state index in [1.54, 1.807) is 0 Å². The van der Waals surface area contributed by atoms with Crippen LogP contribution >= 0.6 is 0 Å². The van der Waals surface area contributed by atoms with Crippen molar-refractivity contribution in [2.24, 2.45) is 0 Å². The predicted octanol–water partition coefficient (Wildman–Crippen LogP) is 3.16. The van der Waals surface area contributed by atoms with Crippen LogP contribution < -0.4 is 9.47 Å². The van der Waals surface area contributed by atoms with E-state index < -0.39 is 5.41 Å². The fourth-order valence-corrected chi connectivity index (χ4v) is 6.00. The molecule has 0 atom stereocenters. The molecule has 5 rings (SSSR count). The normalized spacial score (nSPS) is 23.3. The molecule has 0 unspecified atom stereocenters. The highest BCUT2D eigenvalue weighted by atomic mass is 16.7. The van der Waals surface area contributed by atoms with Gasteiger partial charge in [-0.1, -0.05) is 38.2 Å². The lowest BCUT2D eigenvalue weighted by Crippen LogP contribution is -2.56. The van der Waals surface area contributed by atoms with Gasteiger partial charge >= 0.3 is 0 Å². The molecule has 1 aliphatic carbocycles. The second kappa shape index (κ2) is 9.92. The first-order valence-corrected chi connectivity index (χ1v) is 12.9. The zero-order valence-corrected chi connectivity index (χ0v) is 19.7. The quantitative estimate of drug-likeness (QED) is 0.698. The summed E-state index contributed by atoms with van der Waals surface area (Å²) in [5.41, 5.74) is 0.596. The first-order valence-electron chi connectivity index (χ1n) is 12.9. The van der Waals surface area contributed by atoms with Crippen LogP contribution in [0.4, 0.5) is 0 Å². The van der Waals surface area contributed by atoms with Crippen LogP contribution in [0.15, 0.2) is 18.2 Å². The summed E-state index contributed by atoms with van der Waals surface area (Å²) in [6, 6.07) is 6.04. The summed E-state index contributed by atoms with van der Waals surface area (Å²) in [4.78, 5) is 33.1. The van der Waals surface area contributed by atoms with Gasteiger partial charge < -0.3 is 19.3 Å². The summed E-state index contributed by atoms with van der Waals surface area (Å²) in [6.45, 7) is 5.44. The fourth-order valence-electron chi connectivity index (χ4n) is 6.00. The van der Waals surface area contributed by atoms with E-state index in [1.807, 2.05) is 21.9 Å². The van der Waals surface area contributed by atoms with Crippen LogP contribution in [0.25, 0.3) is 0 Å². The Morgan fingerprint density at radius 3 is 2.15 bits per heavy atom. The van der Waals surface area contributed by atoms with Crippen molar-refractivity contribution >= 4 is 11.8 Å². The second-order valence-corrected chi connectivity index (χ2v) is 10.1. The molecule has 3 heterocycles. The number of piperazine rings is 1. The Kier molecular flexibility index (Phi) is 6.76. The van der Waals surface area contributed by atoms with Crippen molar-refractivity contribution in [1.29, 1.82) is 0 Å². The number of hydrogen-bond donors (Lipinski definition) is 0. The molecule has 0 bridgehead atoms. The zero-order chi connectivity index (χ0) is 22.7. The first-order chi connectivity index (χ1) is 16.2. The smallest absolute Gasteiger partial charge is 0.236 e. The number of likely N-dealkylation sites (tertiary alicyclic amines) is 1. The first kappa shape index (κ1) is 22.5. The van der Waals surface area contributed by atoms with Gasteiger partial charge in [0.25, 0.3) is 0 Å². The van der Waals surface area contributed by atoms with Gasteiger partial charge in [-0.25, -0.2) is 0 Å².